The highest BCUT2D eigenvalue weighted by Crippen LogP contribution is 2.11. The van der Waals surface area contributed by atoms with Crippen LogP contribution < -0.4 is 5.32 Å². The van der Waals surface area contributed by atoms with E-state index in [4.69, 9.17) is 0 Å². The molecule has 0 bridgehead atoms. The molecule has 1 unspecified atom stereocenters. The van der Waals surface area contributed by atoms with Crippen LogP contribution in [0.25, 0.3) is 0 Å². The molecule has 1 saturated heterocycles. The molecule has 18 heavy (non-hydrogen) atoms. The zero-order chi connectivity index (χ0) is 13.0. The number of benzene rings is 1. The lowest BCUT2D eigenvalue weighted by Crippen LogP contribution is -2.32. The number of aryl methyl sites for hydroxylation is 1. The first kappa shape index (κ1) is 13.1. The molecule has 0 aliphatic carbocycles. The lowest BCUT2D eigenvalue weighted by atomic mass is 10.1. The summed E-state index contributed by atoms with van der Waals surface area (Å²) in [5.41, 5.74) is 1.92. The zero-order valence-corrected chi connectivity index (χ0v) is 11.3. The Kier molecular flexibility index (Phi) is 4.37. The first-order valence-electron chi connectivity index (χ1n) is 6.72. The Labute approximate surface area is 109 Å². The van der Waals surface area contributed by atoms with Crippen LogP contribution in [0.15, 0.2) is 24.3 Å². The highest BCUT2D eigenvalue weighted by Gasteiger charge is 2.17. The van der Waals surface area contributed by atoms with Gasteiger partial charge >= 0.3 is 0 Å². The van der Waals surface area contributed by atoms with Crippen molar-refractivity contribution < 1.29 is 4.79 Å². The monoisotopic (exact) mass is 246 g/mol. The normalized spacial score (nSPS) is 18.9. The number of carbonyl (C=O) groups is 1. The minimum Gasteiger partial charge on any atom is -0.342 e. The molecule has 0 saturated carbocycles. The number of hydrogen-bond donors (Lipinski definition) is 1. The number of rotatable bonds is 4. The molecule has 1 aromatic carbocycles. The molecular weight excluding hydrogens is 224 g/mol. The van der Waals surface area contributed by atoms with E-state index in [1.807, 2.05) is 43.1 Å². The van der Waals surface area contributed by atoms with Crippen LogP contribution in [-0.2, 0) is 0 Å². The van der Waals surface area contributed by atoms with Gasteiger partial charge in [-0.05, 0) is 44.9 Å². The van der Waals surface area contributed by atoms with Crippen LogP contribution in [0.4, 0.5) is 0 Å². The second kappa shape index (κ2) is 6.01. The number of nitrogens with one attached hydrogen (secondary N) is 1. The van der Waals surface area contributed by atoms with Gasteiger partial charge in [0.2, 0.25) is 0 Å². The fourth-order valence-corrected chi connectivity index (χ4v) is 2.45. The molecule has 1 amide bonds. The minimum absolute atomic E-state index is 0.122. The standard InChI is InChI=1S/C15H22N2O/c1-12-5-3-6-13(11-12)15(18)17(2)10-8-14-7-4-9-16-14/h3,5-6,11,14,16H,4,7-10H2,1-2H3. The quantitative estimate of drug-likeness (QED) is 0.883. The van der Waals surface area contributed by atoms with Gasteiger partial charge in [-0.15, -0.1) is 0 Å². The fraction of sp³-hybridized carbons (Fsp3) is 0.533. The average Bonchev–Trinajstić information content (AvgIpc) is 2.88. The summed E-state index contributed by atoms with van der Waals surface area (Å²) in [6.07, 6.45) is 3.56. The SMILES string of the molecule is Cc1cccc(C(=O)N(C)CCC2CCCN2)c1. The molecule has 1 atom stereocenters. The van der Waals surface area contributed by atoms with Crippen molar-refractivity contribution in [3.63, 3.8) is 0 Å². The van der Waals surface area contributed by atoms with Gasteiger partial charge < -0.3 is 10.2 Å². The summed E-state index contributed by atoms with van der Waals surface area (Å²) in [7, 11) is 1.89. The maximum atomic E-state index is 12.2. The van der Waals surface area contributed by atoms with Crippen LogP contribution in [0, 0.1) is 6.92 Å². The molecule has 0 spiro atoms. The van der Waals surface area contributed by atoms with E-state index in [0.29, 0.717) is 6.04 Å². The minimum atomic E-state index is 0.122. The van der Waals surface area contributed by atoms with Crippen molar-refractivity contribution in [3.8, 4) is 0 Å². The van der Waals surface area contributed by atoms with Crippen molar-refractivity contribution in [1.82, 2.24) is 10.2 Å². The largest absolute Gasteiger partial charge is 0.342 e. The Bertz CT molecular complexity index is 411. The number of amides is 1. The van der Waals surface area contributed by atoms with Gasteiger partial charge in [0.05, 0.1) is 0 Å². The zero-order valence-electron chi connectivity index (χ0n) is 11.3. The van der Waals surface area contributed by atoms with Crippen molar-refractivity contribution in [2.24, 2.45) is 0 Å². The van der Waals surface area contributed by atoms with Crippen molar-refractivity contribution in [3.05, 3.63) is 35.4 Å². The van der Waals surface area contributed by atoms with Gasteiger partial charge in [-0.3, -0.25) is 4.79 Å². The second-order valence-electron chi connectivity index (χ2n) is 5.18. The highest BCUT2D eigenvalue weighted by molar-refractivity contribution is 5.94. The Morgan fingerprint density at radius 2 is 2.33 bits per heavy atom. The number of carbonyl (C=O) groups excluding carboxylic acids is 1. The molecule has 1 heterocycles. The molecule has 0 aromatic heterocycles. The van der Waals surface area contributed by atoms with E-state index in [9.17, 15) is 4.79 Å². The molecule has 3 nitrogen and oxygen atoms in total. The molecule has 1 aromatic rings. The summed E-state index contributed by atoms with van der Waals surface area (Å²) in [4.78, 5) is 14.0. The third kappa shape index (κ3) is 3.33. The Balaban J connectivity index is 1.87. The van der Waals surface area contributed by atoms with Gasteiger partial charge in [-0.2, -0.15) is 0 Å². The van der Waals surface area contributed by atoms with Gasteiger partial charge in [-0.25, -0.2) is 0 Å². The Morgan fingerprint density at radius 1 is 1.50 bits per heavy atom. The van der Waals surface area contributed by atoms with Gasteiger partial charge in [0.25, 0.3) is 5.91 Å². The topological polar surface area (TPSA) is 32.3 Å². The molecule has 1 aliphatic heterocycles. The van der Waals surface area contributed by atoms with Crippen LogP contribution in [0.3, 0.4) is 0 Å². The van der Waals surface area contributed by atoms with Gasteiger partial charge in [0.15, 0.2) is 0 Å². The molecule has 1 N–H and O–H groups in total. The van der Waals surface area contributed by atoms with Crippen LogP contribution in [0.1, 0.15) is 35.2 Å². The van der Waals surface area contributed by atoms with Gasteiger partial charge in [0, 0.05) is 25.2 Å². The summed E-state index contributed by atoms with van der Waals surface area (Å²) < 4.78 is 0. The second-order valence-corrected chi connectivity index (χ2v) is 5.18. The summed E-state index contributed by atoms with van der Waals surface area (Å²) in [5, 5.41) is 3.46. The van der Waals surface area contributed by atoms with E-state index >= 15 is 0 Å². The van der Waals surface area contributed by atoms with E-state index < -0.39 is 0 Å². The third-order valence-electron chi connectivity index (χ3n) is 3.59. The van der Waals surface area contributed by atoms with Crippen LogP contribution in [0.2, 0.25) is 0 Å². The van der Waals surface area contributed by atoms with Crippen LogP contribution in [-0.4, -0.2) is 37.0 Å². The highest BCUT2D eigenvalue weighted by atomic mass is 16.2. The lowest BCUT2D eigenvalue weighted by Gasteiger charge is -2.19. The molecule has 3 heteroatoms. The maximum absolute atomic E-state index is 12.2. The van der Waals surface area contributed by atoms with E-state index in [1.54, 1.807) is 0 Å². The van der Waals surface area contributed by atoms with Crippen molar-refractivity contribution in [2.45, 2.75) is 32.2 Å². The molecule has 2 rings (SSSR count). The summed E-state index contributed by atoms with van der Waals surface area (Å²) in [6.45, 7) is 3.96. The molecule has 0 radical (unpaired) electrons. The molecule has 1 aliphatic rings. The lowest BCUT2D eigenvalue weighted by molar-refractivity contribution is 0.0790. The van der Waals surface area contributed by atoms with Crippen molar-refractivity contribution >= 4 is 5.91 Å². The number of hydrogen-bond acceptors (Lipinski definition) is 2. The maximum Gasteiger partial charge on any atom is 0.253 e. The van der Waals surface area contributed by atoms with E-state index in [0.717, 1.165) is 30.6 Å². The van der Waals surface area contributed by atoms with Gasteiger partial charge in [-0.1, -0.05) is 17.7 Å². The first-order chi connectivity index (χ1) is 8.66. The average molecular weight is 246 g/mol. The molecular formula is C15H22N2O. The smallest absolute Gasteiger partial charge is 0.253 e. The molecule has 1 fully saturated rings. The van der Waals surface area contributed by atoms with Crippen molar-refractivity contribution in [2.75, 3.05) is 20.1 Å². The van der Waals surface area contributed by atoms with E-state index in [1.165, 1.54) is 12.8 Å². The third-order valence-corrected chi connectivity index (χ3v) is 3.59. The van der Waals surface area contributed by atoms with E-state index in [-0.39, 0.29) is 5.91 Å². The first-order valence-corrected chi connectivity index (χ1v) is 6.72. The summed E-state index contributed by atoms with van der Waals surface area (Å²) >= 11 is 0. The van der Waals surface area contributed by atoms with E-state index in [2.05, 4.69) is 5.32 Å². The summed E-state index contributed by atoms with van der Waals surface area (Å²) in [5.74, 6) is 0.122. The summed E-state index contributed by atoms with van der Waals surface area (Å²) in [6, 6.07) is 8.39. The van der Waals surface area contributed by atoms with Crippen LogP contribution in [0.5, 0.6) is 0 Å². The van der Waals surface area contributed by atoms with Gasteiger partial charge in [0.1, 0.15) is 0 Å². The number of nitrogens with zero attached hydrogens (tertiary/aromatic N) is 1. The van der Waals surface area contributed by atoms with Crippen molar-refractivity contribution in [1.29, 1.82) is 0 Å². The van der Waals surface area contributed by atoms with Crippen LogP contribution >= 0.6 is 0 Å². The fourth-order valence-electron chi connectivity index (χ4n) is 2.45. The Hall–Kier alpha value is -1.35. The predicted octanol–water partition coefficient (Wildman–Crippen LogP) is 2.21. The molecule has 98 valence electrons. The Morgan fingerprint density at radius 3 is 3.00 bits per heavy atom. The predicted molar refractivity (Wildman–Crippen MR) is 73.8 cm³/mol.